The maximum atomic E-state index is 11.4. The molecule has 2 rings (SSSR count). The van der Waals surface area contributed by atoms with Crippen LogP contribution in [0.25, 0.3) is 6.08 Å². The smallest absolute Gasteiger partial charge is 0.255 e. The number of ether oxygens (including phenoxy) is 1. The van der Waals surface area contributed by atoms with Gasteiger partial charge in [0.2, 0.25) is 0 Å². The van der Waals surface area contributed by atoms with Crippen molar-refractivity contribution in [3.8, 4) is 11.5 Å². The first-order chi connectivity index (χ1) is 8.11. The first kappa shape index (κ1) is 11.2. The lowest BCUT2D eigenvalue weighted by Gasteiger charge is -2.04. The number of nitrogens with one attached hydrogen (secondary N) is 1. The second kappa shape index (κ2) is 4.29. The van der Waals surface area contributed by atoms with E-state index >= 15 is 0 Å². The number of hydrogen-bond donors (Lipinski definition) is 2. The van der Waals surface area contributed by atoms with Crippen molar-refractivity contribution in [2.45, 2.75) is 0 Å². The number of carbonyl (C=O) groups is 2. The Hall–Kier alpha value is -2.30. The van der Waals surface area contributed by atoms with Crippen LogP contribution in [0.1, 0.15) is 5.56 Å². The zero-order valence-corrected chi connectivity index (χ0v) is 9.19. The Morgan fingerprint density at radius 3 is 2.76 bits per heavy atom. The molecule has 1 fully saturated rings. The second-order valence-electron chi connectivity index (χ2n) is 3.60. The molecule has 1 aromatic carbocycles. The van der Waals surface area contributed by atoms with E-state index in [0.717, 1.165) is 0 Å². The molecule has 1 saturated heterocycles. The van der Waals surface area contributed by atoms with E-state index in [4.69, 9.17) is 4.74 Å². The van der Waals surface area contributed by atoms with Crippen LogP contribution in [0.4, 0.5) is 0 Å². The molecule has 1 aliphatic rings. The fraction of sp³-hybridized carbons (Fsp3) is 0.167. The van der Waals surface area contributed by atoms with Gasteiger partial charge in [0.05, 0.1) is 19.2 Å². The average molecular weight is 233 g/mol. The number of amides is 1. The summed E-state index contributed by atoms with van der Waals surface area (Å²) in [6.45, 7) is 0.0416. The summed E-state index contributed by atoms with van der Waals surface area (Å²) in [7, 11) is 1.43. The zero-order chi connectivity index (χ0) is 12.4. The van der Waals surface area contributed by atoms with Crippen molar-refractivity contribution >= 4 is 17.8 Å². The van der Waals surface area contributed by atoms with Gasteiger partial charge in [0, 0.05) is 0 Å². The minimum atomic E-state index is -0.373. The first-order valence-corrected chi connectivity index (χ1v) is 5.02. The highest BCUT2D eigenvalue weighted by Gasteiger charge is 2.25. The minimum Gasteiger partial charge on any atom is -0.504 e. The number of methoxy groups -OCH3 is 1. The summed E-state index contributed by atoms with van der Waals surface area (Å²) in [5.74, 6) is -0.300. The van der Waals surface area contributed by atoms with Crippen molar-refractivity contribution in [1.82, 2.24) is 5.32 Å². The van der Waals surface area contributed by atoms with Crippen molar-refractivity contribution in [2.75, 3.05) is 13.7 Å². The summed E-state index contributed by atoms with van der Waals surface area (Å²) in [5, 5.41) is 11.9. The monoisotopic (exact) mass is 233 g/mol. The van der Waals surface area contributed by atoms with Crippen LogP contribution in [0.3, 0.4) is 0 Å². The summed E-state index contributed by atoms with van der Waals surface area (Å²) in [6, 6.07) is 4.60. The number of phenols is 1. The Balaban J connectivity index is 2.38. The molecule has 5 heteroatoms. The third-order valence-electron chi connectivity index (χ3n) is 2.47. The van der Waals surface area contributed by atoms with Crippen molar-refractivity contribution in [2.24, 2.45) is 0 Å². The normalized spacial score (nSPS) is 17.4. The van der Waals surface area contributed by atoms with Crippen LogP contribution < -0.4 is 10.1 Å². The summed E-state index contributed by atoms with van der Waals surface area (Å²) < 4.78 is 4.94. The Morgan fingerprint density at radius 2 is 2.18 bits per heavy atom. The Labute approximate surface area is 97.7 Å². The average Bonchev–Trinajstić information content (AvgIpc) is 2.63. The lowest BCUT2D eigenvalue weighted by atomic mass is 10.1. The van der Waals surface area contributed by atoms with Gasteiger partial charge in [-0.15, -0.1) is 0 Å². The van der Waals surface area contributed by atoms with Crippen molar-refractivity contribution in [3.05, 3.63) is 29.3 Å². The molecule has 1 heterocycles. The lowest BCUT2D eigenvalue weighted by Crippen LogP contribution is -2.14. The second-order valence-corrected chi connectivity index (χ2v) is 3.60. The molecule has 5 nitrogen and oxygen atoms in total. The van der Waals surface area contributed by atoms with E-state index in [1.165, 1.54) is 19.3 Å². The number of rotatable bonds is 2. The maximum Gasteiger partial charge on any atom is 0.255 e. The molecule has 0 radical (unpaired) electrons. The summed E-state index contributed by atoms with van der Waals surface area (Å²) in [5.41, 5.74) is 0.748. The SMILES string of the molecule is COc1cc(/C=C2/C(=O)CNC2=O)ccc1O. The van der Waals surface area contributed by atoms with E-state index in [1.54, 1.807) is 12.1 Å². The van der Waals surface area contributed by atoms with Crippen LogP contribution in [-0.2, 0) is 9.59 Å². The number of ketones is 1. The van der Waals surface area contributed by atoms with Gasteiger partial charge in [0.1, 0.15) is 0 Å². The molecule has 0 bridgehead atoms. The minimum absolute atomic E-state index is 0.0110. The largest absolute Gasteiger partial charge is 0.504 e. The molecule has 0 unspecified atom stereocenters. The molecule has 17 heavy (non-hydrogen) atoms. The van der Waals surface area contributed by atoms with Gasteiger partial charge in [-0.1, -0.05) is 6.07 Å². The van der Waals surface area contributed by atoms with Gasteiger partial charge in [-0.3, -0.25) is 9.59 Å². The third kappa shape index (κ3) is 2.13. The van der Waals surface area contributed by atoms with Gasteiger partial charge in [0.25, 0.3) is 5.91 Å². The molecule has 2 N–H and O–H groups in total. The van der Waals surface area contributed by atoms with E-state index in [1.807, 2.05) is 0 Å². The highest BCUT2D eigenvalue weighted by molar-refractivity contribution is 6.27. The van der Waals surface area contributed by atoms with Crippen molar-refractivity contribution < 1.29 is 19.4 Å². The number of phenolic OH excluding ortho intramolecular Hbond substituents is 1. The van der Waals surface area contributed by atoms with Crippen LogP contribution in [-0.4, -0.2) is 30.5 Å². The zero-order valence-electron chi connectivity index (χ0n) is 9.19. The van der Waals surface area contributed by atoms with Crippen LogP contribution in [0.2, 0.25) is 0 Å². The summed E-state index contributed by atoms with van der Waals surface area (Å²) in [6.07, 6.45) is 1.48. The van der Waals surface area contributed by atoms with E-state index in [-0.39, 0.29) is 29.6 Å². The molecule has 0 atom stereocenters. The van der Waals surface area contributed by atoms with Gasteiger partial charge in [-0.2, -0.15) is 0 Å². The Kier molecular flexibility index (Phi) is 2.82. The van der Waals surface area contributed by atoms with Crippen LogP contribution in [0.5, 0.6) is 11.5 Å². The topological polar surface area (TPSA) is 75.6 Å². The Bertz CT molecular complexity index is 501. The van der Waals surface area contributed by atoms with Gasteiger partial charge in [-0.25, -0.2) is 0 Å². The molecule has 88 valence electrons. The lowest BCUT2D eigenvalue weighted by molar-refractivity contribution is -0.117. The standard InChI is InChI=1S/C12H11NO4/c1-17-11-5-7(2-3-9(11)14)4-8-10(15)6-13-12(8)16/h2-5,14H,6H2,1H3,(H,13,16)/b8-4-. The number of Topliss-reactive ketones (excluding diaryl/α,β-unsaturated/α-hetero) is 1. The highest BCUT2D eigenvalue weighted by Crippen LogP contribution is 2.27. The van der Waals surface area contributed by atoms with Crippen molar-refractivity contribution in [1.29, 1.82) is 0 Å². The van der Waals surface area contributed by atoms with Gasteiger partial charge >= 0.3 is 0 Å². The fourth-order valence-electron chi connectivity index (χ4n) is 1.57. The third-order valence-corrected chi connectivity index (χ3v) is 2.47. The molecule has 1 aromatic rings. The number of aromatic hydroxyl groups is 1. The number of hydrogen-bond acceptors (Lipinski definition) is 4. The van der Waals surface area contributed by atoms with E-state index in [9.17, 15) is 14.7 Å². The molecule has 0 saturated carbocycles. The molecule has 1 amide bonds. The van der Waals surface area contributed by atoms with Crippen molar-refractivity contribution in [3.63, 3.8) is 0 Å². The Morgan fingerprint density at radius 1 is 1.41 bits per heavy atom. The van der Waals surface area contributed by atoms with E-state index in [2.05, 4.69) is 5.32 Å². The predicted octanol–water partition coefficient (Wildman–Crippen LogP) is 0.483. The van der Waals surface area contributed by atoms with Gasteiger partial charge in [0.15, 0.2) is 17.3 Å². The number of carbonyl (C=O) groups excluding carboxylic acids is 2. The molecule has 0 aromatic heterocycles. The van der Waals surface area contributed by atoms with Gasteiger partial charge in [-0.05, 0) is 23.8 Å². The van der Waals surface area contributed by atoms with Crippen LogP contribution >= 0.6 is 0 Å². The van der Waals surface area contributed by atoms with Crippen LogP contribution in [0, 0.1) is 0 Å². The highest BCUT2D eigenvalue weighted by atomic mass is 16.5. The molecule has 0 spiro atoms. The molecule has 1 aliphatic heterocycles. The summed E-state index contributed by atoms with van der Waals surface area (Å²) >= 11 is 0. The summed E-state index contributed by atoms with van der Waals surface area (Å²) in [4.78, 5) is 22.7. The maximum absolute atomic E-state index is 11.4. The van der Waals surface area contributed by atoms with Crippen LogP contribution in [0.15, 0.2) is 23.8 Å². The van der Waals surface area contributed by atoms with Gasteiger partial charge < -0.3 is 15.2 Å². The first-order valence-electron chi connectivity index (χ1n) is 5.02. The van der Waals surface area contributed by atoms with E-state index in [0.29, 0.717) is 11.3 Å². The predicted molar refractivity (Wildman–Crippen MR) is 60.7 cm³/mol. The fourth-order valence-corrected chi connectivity index (χ4v) is 1.57. The molecular formula is C12H11NO4. The molecule has 0 aliphatic carbocycles. The number of benzene rings is 1. The van der Waals surface area contributed by atoms with E-state index < -0.39 is 0 Å². The quantitative estimate of drug-likeness (QED) is 0.575. The molecular weight excluding hydrogens is 222 g/mol.